The lowest BCUT2D eigenvalue weighted by molar-refractivity contribution is -0.120. The predicted molar refractivity (Wildman–Crippen MR) is 76.5 cm³/mol. The number of nitrogens with zero attached hydrogens (tertiary/aromatic N) is 6. The third-order valence-electron chi connectivity index (χ3n) is 3.50. The summed E-state index contributed by atoms with van der Waals surface area (Å²) in [7, 11) is 0. The monoisotopic (exact) mass is 347 g/mol. The van der Waals surface area contributed by atoms with Crippen molar-refractivity contribution in [1.29, 1.82) is 0 Å². The van der Waals surface area contributed by atoms with Crippen molar-refractivity contribution < 1.29 is 4.79 Å². The Kier molecular flexibility index (Phi) is 2.58. The quantitative estimate of drug-likeness (QED) is 0.769. The second kappa shape index (κ2) is 4.35. The van der Waals surface area contributed by atoms with Crippen molar-refractivity contribution in [2.45, 2.75) is 18.4 Å². The number of hydrogen-bond acceptors (Lipinski definition) is 5. The second-order valence-corrected chi connectivity index (χ2v) is 5.82. The number of anilines is 1. The van der Waals surface area contributed by atoms with Gasteiger partial charge in [-0.25, -0.2) is 4.52 Å². The lowest BCUT2D eigenvalue weighted by atomic mass is 10.2. The molecular formula is C12H10BrN7O. The summed E-state index contributed by atoms with van der Waals surface area (Å²) in [6.45, 7) is 0. The van der Waals surface area contributed by atoms with E-state index < -0.39 is 5.54 Å². The van der Waals surface area contributed by atoms with Gasteiger partial charge in [0.15, 0.2) is 5.65 Å². The van der Waals surface area contributed by atoms with Crippen LogP contribution in [0.15, 0.2) is 35.5 Å². The minimum Gasteiger partial charge on any atom is -0.291 e. The van der Waals surface area contributed by atoms with Crippen LogP contribution in [0.5, 0.6) is 0 Å². The average Bonchev–Trinajstić information content (AvgIpc) is 3.01. The molecule has 3 aromatic rings. The van der Waals surface area contributed by atoms with Gasteiger partial charge in [0.1, 0.15) is 5.54 Å². The van der Waals surface area contributed by atoms with Gasteiger partial charge in [0.2, 0.25) is 5.95 Å². The van der Waals surface area contributed by atoms with Gasteiger partial charge < -0.3 is 0 Å². The molecule has 1 amide bonds. The van der Waals surface area contributed by atoms with Gasteiger partial charge in [-0.1, -0.05) is 0 Å². The maximum absolute atomic E-state index is 12.5. The normalized spacial score (nSPS) is 16.0. The Balaban J connectivity index is 1.61. The van der Waals surface area contributed by atoms with Gasteiger partial charge in [0, 0.05) is 18.6 Å². The molecule has 0 aliphatic heterocycles. The Morgan fingerprint density at radius 1 is 1.38 bits per heavy atom. The van der Waals surface area contributed by atoms with Gasteiger partial charge in [-0.05, 0) is 28.8 Å². The van der Waals surface area contributed by atoms with Crippen LogP contribution in [0.3, 0.4) is 0 Å². The zero-order valence-corrected chi connectivity index (χ0v) is 12.4. The largest absolute Gasteiger partial charge is 0.291 e. The molecule has 0 saturated heterocycles. The fourth-order valence-electron chi connectivity index (χ4n) is 2.23. The van der Waals surface area contributed by atoms with Crippen LogP contribution in [0.1, 0.15) is 12.8 Å². The topological polar surface area (TPSA) is 90.0 Å². The van der Waals surface area contributed by atoms with E-state index in [0.29, 0.717) is 5.65 Å². The predicted octanol–water partition coefficient (Wildman–Crippen LogP) is 1.21. The molecule has 3 aromatic heterocycles. The van der Waals surface area contributed by atoms with Crippen molar-refractivity contribution >= 4 is 33.4 Å². The van der Waals surface area contributed by atoms with Crippen molar-refractivity contribution in [3.05, 3.63) is 35.5 Å². The van der Waals surface area contributed by atoms with Crippen LogP contribution in [0.2, 0.25) is 0 Å². The third kappa shape index (κ3) is 2.00. The third-order valence-corrected chi connectivity index (χ3v) is 3.91. The Morgan fingerprint density at radius 3 is 2.90 bits per heavy atom. The van der Waals surface area contributed by atoms with Crippen LogP contribution in [0, 0.1) is 0 Å². The lowest BCUT2D eigenvalue weighted by Gasteiger charge is -2.14. The number of nitrogens with one attached hydrogen (secondary N) is 1. The highest BCUT2D eigenvalue weighted by Crippen LogP contribution is 2.44. The van der Waals surface area contributed by atoms with E-state index >= 15 is 0 Å². The summed E-state index contributed by atoms with van der Waals surface area (Å²) in [6.07, 6.45) is 9.84. The van der Waals surface area contributed by atoms with E-state index in [1.54, 1.807) is 40.2 Å². The summed E-state index contributed by atoms with van der Waals surface area (Å²) in [5.74, 6) is 0.118. The number of aromatic nitrogens is 6. The highest BCUT2D eigenvalue weighted by atomic mass is 79.9. The highest BCUT2D eigenvalue weighted by Gasteiger charge is 2.53. The van der Waals surface area contributed by atoms with Crippen molar-refractivity contribution in [2.75, 3.05) is 5.32 Å². The summed E-state index contributed by atoms with van der Waals surface area (Å²) >= 11 is 3.34. The van der Waals surface area contributed by atoms with Crippen molar-refractivity contribution in [3.8, 4) is 0 Å². The summed E-state index contributed by atoms with van der Waals surface area (Å²) in [6, 6.07) is 0. The molecule has 0 spiro atoms. The number of halogens is 1. The Morgan fingerprint density at radius 2 is 2.24 bits per heavy atom. The molecule has 8 nitrogen and oxygen atoms in total. The average molecular weight is 348 g/mol. The molecule has 9 heteroatoms. The van der Waals surface area contributed by atoms with Gasteiger partial charge >= 0.3 is 0 Å². The molecule has 1 fully saturated rings. The zero-order chi connectivity index (χ0) is 14.4. The smallest absolute Gasteiger partial charge is 0.254 e. The van der Waals surface area contributed by atoms with E-state index in [4.69, 9.17) is 0 Å². The summed E-state index contributed by atoms with van der Waals surface area (Å²) in [4.78, 5) is 20.7. The zero-order valence-electron chi connectivity index (χ0n) is 10.8. The molecule has 106 valence electrons. The number of hydrogen-bond donors (Lipinski definition) is 1. The van der Waals surface area contributed by atoms with E-state index in [-0.39, 0.29) is 11.9 Å². The minimum atomic E-state index is -0.623. The molecule has 0 bridgehead atoms. The molecule has 1 aliphatic carbocycles. The van der Waals surface area contributed by atoms with E-state index in [0.717, 1.165) is 17.3 Å². The van der Waals surface area contributed by atoms with Gasteiger partial charge in [-0.3, -0.25) is 19.8 Å². The molecule has 1 N–H and O–H groups in total. The van der Waals surface area contributed by atoms with E-state index in [9.17, 15) is 4.79 Å². The molecule has 1 saturated carbocycles. The maximum Gasteiger partial charge on any atom is 0.254 e. The van der Waals surface area contributed by atoms with Gasteiger partial charge in [-0.15, -0.1) is 5.10 Å². The number of rotatable bonds is 3. The fraction of sp³-hybridized carbons (Fsp3) is 0.250. The Bertz CT molecular complexity index is 802. The molecule has 21 heavy (non-hydrogen) atoms. The second-order valence-electron chi connectivity index (χ2n) is 4.90. The van der Waals surface area contributed by atoms with Crippen LogP contribution < -0.4 is 5.32 Å². The first-order valence-corrected chi connectivity index (χ1v) is 7.15. The molecular weight excluding hydrogens is 338 g/mol. The summed E-state index contributed by atoms with van der Waals surface area (Å²) in [5, 5.41) is 11.2. The molecule has 0 atom stereocenters. The maximum atomic E-state index is 12.5. The Hall–Kier alpha value is -2.29. The van der Waals surface area contributed by atoms with Gasteiger partial charge in [0.25, 0.3) is 5.91 Å². The van der Waals surface area contributed by atoms with Crippen LogP contribution in [0.4, 0.5) is 5.95 Å². The minimum absolute atomic E-state index is 0.151. The number of carbonyl (C=O) groups excluding carboxylic acids is 1. The van der Waals surface area contributed by atoms with Crippen molar-refractivity contribution in [2.24, 2.45) is 0 Å². The molecule has 0 radical (unpaired) electrons. The van der Waals surface area contributed by atoms with Crippen LogP contribution >= 0.6 is 15.9 Å². The van der Waals surface area contributed by atoms with Crippen molar-refractivity contribution in [1.82, 2.24) is 29.4 Å². The lowest BCUT2D eigenvalue weighted by Crippen LogP contribution is -2.34. The number of fused-ring (bicyclic) bond motifs is 1. The van der Waals surface area contributed by atoms with Gasteiger partial charge in [0.05, 0.1) is 16.9 Å². The molecule has 1 aliphatic rings. The Labute approximate surface area is 127 Å². The molecule has 4 rings (SSSR count). The van der Waals surface area contributed by atoms with Gasteiger partial charge in [-0.2, -0.15) is 10.1 Å². The number of amides is 1. The highest BCUT2D eigenvalue weighted by molar-refractivity contribution is 9.10. The summed E-state index contributed by atoms with van der Waals surface area (Å²) < 4.78 is 4.09. The standard InChI is InChI=1S/C12H10BrN7O/c13-8-5-15-20(7-8)12(1-2-12)10(21)17-11-16-9-6-14-3-4-19(9)18-11/h3-7H,1-2H2,(H,17,18,21). The first-order chi connectivity index (χ1) is 10.2. The molecule has 0 unspecified atom stereocenters. The van der Waals surface area contributed by atoms with E-state index in [2.05, 4.69) is 41.4 Å². The first-order valence-electron chi connectivity index (χ1n) is 6.36. The van der Waals surface area contributed by atoms with Crippen LogP contribution in [-0.2, 0) is 10.3 Å². The van der Waals surface area contributed by atoms with E-state index in [1.807, 2.05) is 0 Å². The molecule has 3 heterocycles. The molecule has 0 aromatic carbocycles. The first kappa shape index (κ1) is 12.5. The van der Waals surface area contributed by atoms with Crippen molar-refractivity contribution in [3.63, 3.8) is 0 Å². The fourth-order valence-corrected chi connectivity index (χ4v) is 2.51. The number of carbonyl (C=O) groups is 1. The van der Waals surface area contributed by atoms with E-state index in [1.165, 1.54) is 0 Å². The summed E-state index contributed by atoms with van der Waals surface area (Å²) in [5.41, 5.74) is -0.0404. The van der Waals surface area contributed by atoms with Crippen LogP contribution in [-0.4, -0.2) is 35.3 Å². The van der Waals surface area contributed by atoms with Crippen LogP contribution in [0.25, 0.3) is 5.65 Å². The SMILES string of the molecule is O=C(Nc1nc2cnccn2n1)C1(n2cc(Br)cn2)CC1.